The van der Waals surface area contributed by atoms with Crippen molar-refractivity contribution >= 4 is 17.5 Å². The van der Waals surface area contributed by atoms with Crippen molar-refractivity contribution in [1.29, 1.82) is 0 Å². The zero-order chi connectivity index (χ0) is 12.8. The van der Waals surface area contributed by atoms with Crippen molar-refractivity contribution in [3.63, 3.8) is 0 Å². The Morgan fingerprint density at radius 2 is 2.39 bits per heavy atom. The van der Waals surface area contributed by atoms with Gasteiger partial charge < -0.3 is 10.5 Å². The Morgan fingerprint density at radius 1 is 1.50 bits per heavy atom. The number of ether oxygens (including phenoxy) is 1. The lowest BCUT2D eigenvalue weighted by Gasteiger charge is -2.22. The number of carbonyl (C=O) groups is 1. The third-order valence-corrected chi connectivity index (χ3v) is 4.13. The fraction of sp³-hybridized carbons (Fsp3) is 0.500. The van der Waals surface area contributed by atoms with Crippen molar-refractivity contribution in [2.24, 2.45) is 5.73 Å². The summed E-state index contributed by atoms with van der Waals surface area (Å²) >= 11 is 1.93. The number of hydrogen-bond acceptors (Lipinski definition) is 4. The summed E-state index contributed by atoms with van der Waals surface area (Å²) in [5.41, 5.74) is 6.10. The molecule has 0 bridgehead atoms. The van der Waals surface area contributed by atoms with Crippen molar-refractivity contribution in [3.8, 4) is 5.75 Å². The van der Waals surface area contributed by atoms with Crippen LogP contribution < -0.4 is 10.5 Å². The van der Waals surface area contributed by atoms with E-state index in [0.29, 0.717) is 18.5 Å². The summed E-state index contributed by atoms with van der Waals surface area (Å²) in [4.78, 5) is 11.7. The zero-order valence-electron chi connectivity index (χ0n) is 10.4. The monoisotopic (exact) mass is 265 g/mol. The van der Waals surface area contributed by atoms with Gasteiger partial charge in [-0.2, -0.15) is 11.8 Å². The van der Waals surface area contributed by atoms with Crippen molar-refractivity contribution in [2.45, 2.75) is 25.4 Å². The molecule has 1 heterocycles. The third kappa shape index (κ3) is 3.75. The van der Waals surface area contributed by atoms with Gasteiger partial charge in [-0.25, -0.2) is 0 Å². The Kier molecular flexibility index (Phi) is 5.08. The molecule has 4 heteroatoms. The molecule has 1 aromatic carbocycles. The minimum absolute atomic E-state index is 0.0842. The van der Waals surface area contributed by atoms with Crippen molar-refractivity contribution in [2.75, 3.05) is 18.1 Å². The smallest absolute Gasteiger partial charge is 0.164 e. The summed E-state index contributed by atoms with van der Waals surface area (Å²) in [6, 6.07) is 7.44. The van der Waals surface area contributed by atoms with Gasteiger partial charge in [0.05, 0.1) is 0 Å². The van der Waals surface area contributed by atoms with Crippen molar-refractivity contribution in [3.05, 3.63) is 29.8 Å². The Morgan fingerprint density at radius 3 is 3.11 bits per heavy atom. The fourth-order valence-corrected chi connectivity index (χ4v) is 3.05. The van der Waals surface area contributed by atoms with Gasteiger partial charge in [0.15, 0.2) is 5.78 Å². The predicted molar refractivity (Wildman–Crippen MR) is 75.4 cm³/mol. The van der Waals surface area contributed by atoms with Crippen molar-refractivity contribution in [1.82, 2.24) is 0 Å². The van der Waals surface area contributed by atoms with Gasteiger partial charge in [0, 0.05) is 17.7 Å². The molecule has 0 amide bonds. The van der Waals surface area contributed by atoms with Crippen LogP contribution in [0.2, 0.25) is 0 Å². The summed E-state index contributed by atoms with van der Waals surface area (Å²) in [5.74, 6) is 3.15. The molecule has 18 heavy (non-hydrogen) atoms. The van der Waals surface area contributed by atoms with E-state index >= 15 is 0 Å². The van der Waals surface area contributed by atoms with Gasteiger partial charge in [-0.3, -0.25) is 4.79 Å². The Bertz CT molecular complexity index is 403. The molecule has 1 aromatic rings. The molecular formula is C14H19NO2S. The first-order chi connectivity index (χ1) is 8.79. The highest BCUT2D eigenvalue weighted by Crippen LogP contribution is 2.23. The van der Waals surface area contributed by atoms with Crippen LogP contribution in [0.4, 0.5) is 0 Å². The van der Waals surface area contributed by atoms with E-state index in [4.69, 9.17) is 10.5 Å². The van der Waals surface area contributed by atoms with Gasteiger partial charge in [0.2, 0.25) is 0 Å². The van der Waals surface area contributed by atoms with Crippen LogP contribution in [0.25, 0.3) is 0 Å². The lowest BCUT2D eigenvalue weighted by molar-refractivity contribution is 0.0984. The first kappa shape index (κ1) is 13.4. The summed E-state index contributed by atoms with van der Waals surface area (Å²) in [7, 11) is 0. The van der Waals surface area contributed by atoms with Gasteiger partial charge in [0.1, 0.15) is 11.9 Å². The second-order valence-electron chi connectivity index (χ2n) is 4.45. The number of benzene rings is 1. The molecule has 1 atom stereocenters. The maximum Gasteiger partial charge on any atom is 0.164 e. The normalized spacial score (nSPS) is 19.5. The van der Waals surface area contributed by atoms with Gasteiger partial charge in [-0.1, -0.05) is 12.1 Å². The molecule has 0 aromatic heterocycles. The van der Waals surface area contributed by atoms with E-state index in [2.05, 4.69) is 0 Å². The van der Waals surface area contributed by atoms with Gasteiger partial charge >= 0.3 is 0 Å². The molecule has 1 unspecified atom stereocenters. The molecule has 0 saturated carbocycles. The highest BCUT2D eigenvalue weighted by atomic mass is 32.2. The number of ketones is 1. The third-order valence-electron chi connectivity index (χ3n) is 2.95. The lowest BCUT2D eigenvalue weighted by atomic mass is 10.1. The number of nitrogens with two attached hydrogens (primary N) is 1. The van der Waals surface area contributed by atoms with Crippen LogP contribution in [0.5, 0.6) is 5.75 Å². The molecule has 1 aliphatic heterocycles. The highest BCUT2D eigenvalue weighted by Gasteiger charge is 2.15. The lowest BCUT2D eigenvalue weighted by Crippen LogP contribution is -2.23. The van der Waals surface area contributed by atoms with Crippen LogP contribution in [-0.2, 0) is 0 Å². The molecule has 1 aliphatic rings. The number of Topliss-reactive ketones (excluding diaryl/α,β-unsaturated/α-hetero) is 1. The molecule has 2 rings (SSSR count). The number of thioether (sulfide) groups is 1. The quantitative estimate of drug-likeness (QED) is 0.831. The van der Waals surface area contributed by atoms with Crippen LogP contribution in [0.15, 0.2) is 24.3 Å². The van der Waals surface area contributed by atoms with Crippen LogP contribution in [0.1, 0.15) is 29.6 Å². The van der Waals surface area contributed by atoms with E-state index in [-0.39, 0.29) is 11.9 Å². The van der Waals surface area contributed by atoms with E-state index in [1.54, 1.807) is 0 Å². The van der Waals surface area contributed by atoms with E-state index in [0.717, 1.165) is 17.9 Å². The standard InChI is InChI=1S/C14H19NO2S/c15-7-6-14(16)11-3-1-4-12(9-11)17-13-5-2-8-18-10-13/h1,3-4,9,13H,2,5-8,10,15H2. The van der Waals surface area contributed by atoms with Gasteiger partial charge in [-0.05, 0) is 37.3 Å². The van der Waals surface area contributed by atoms with Gasteiger partial charge in [-0.15, -0.1) is 0 Å². The average Bonchev–Trinajstić information content (AvgIpc) is 2.40. The topological polar surface area (TPSA) is 52.3 Å². The minimum atomic E-state index is 0.0842. The second kappa shape index (κ2) is 6.81. The molecule has 0 radical (unpaired) electrons. The SMILES string of the molecule is NCCC(=O)c1cccc(OC2CCCSC2)c1. The molecular weight excluding hydrogens is 246 g/mol. The maximum atomic E-state index is 11.7. The van der Waals surface area contributed by atoms with Crippen LogP contribution >= 0.6 is 11.8 Å². The minimum Gasteiger partial charge on any atom is -0.490 e. The highest BCUT2D eigenvalue weighted by molar-refractivity contribution is 7.99. The van der Waals surface area contributed by atoms with E-state index in [9.17, 15) is 4.79 Å². The average molecular weight is 265 g/mol. The van der Waals surface area contributed by atoms with Crippen LogP contribution in [0, 0.1) is 0 Å². The molecule has 2 N–H and O–H groups in total. The number of hydrogen-bond donors (Lipinski definition) is 1. The Hall–Kier alpha value is -1.00. The largest absolute Gasteiger partial charge is 0.490 e. The molecule has 0 aliphatic carbocycles. The van der Waals surface area contributed by atoms with E-state index < -0.39 is 0 Å². The number of carbonyl (C=O) groups excluding carboxylic acids is 1. The zero-order valence-corrected chi connectivity index (χ0v) is 11.2. The molecule has 1 saturated heterocycles. The van der Waals surface area contributed by atoms with E-state index in [1.807, 2.05) is 36.0 Å². The van der Waals surface area contributed by atoms with Crippen LogP contribution in [0.3, 0.4) is 0 Å². The maximum absolute atomic E-state index is 11.7. The summed E-state index contributed by atoms with van der Waals surface area (Å²) in [5, 5.41) is 0. The predicted octanol–water partition coefficient (Wildman–Crippen LogP) is 2.49. The first-order valence-corrected chi connectivity index (χ1v) is 7.53. The van der Waals surface area contributed by atoms with Gasteiger partial charge in [0.25, 0.3) is 0 Å². The molecule has 1 fully saturated rings. The van der Waals surface area contributed by atoms with Crippen molar-refractivity contribution < 1.29 is 9.53 Å². The molecule has 3 nitrogen and oxygen atoms in total. The first-order valence-electron chi connectivity index (χ1n) is 6.37. The Labute approximate surface area is 112 Å². The molecule has 98 valence electrons. The molecule has 0 spiro atoms. The summed E-state index contributed by atoms with van der Waals surface area (Å²) in [6.45, 7) is 0.392. The second-order valence-corrected chi connectivity index (χ2v) is 5.60. The number of rotatable bonds is 5. The van der Waals surface area contributed by atoms with E-state index in [1.165, 1.54) is 12.2 Å². The summed E-state index contributed by atoms with van der Waals surface area (Å²) < 4.78 is 5.92. The Balaban J connectivity index is 2.00. The fourth-order valence-electron chi connectivity index (χ4n) is 2.01. The summed E-state index contributed by atoms with van der Waals surface area (Å²) in [6.07, 6.45) is 2.99. The van der Waals surface area contributed by atoms with Crippen LogP contribution in [-0.4, -0.2) is 29.9 Å².